The fourth-order valence-electron chi connectivity index (χ4n) is 2.57. The van der Waals surface area contributed by atoms with Crippen LogP contribution in [-0.4, -0.2) is 4.57 Å². The molecule has 0 radical (unpaired) electrons. The maximum Gasteiger partial charge on any atom is 0.0481 e. The molecule has 2 aromatic rings. The highest BCUT2D eigenvalue weighted by molar-refractivity contribution is 5.86. The Morgan fingerprint density at radius 3 is 2.59 bits per heavy atom. The normalized spacial score (nSPS) is 17.9. The Hall–Kier alpha value is -1.28. The number of fused-ring (bicyclic) bond motifs is 1. The van der Waals surface area contributed by atoms with E-state index in [1.165, 1.54) is 22.0 Å². The molecule has 2 N–H and O–H groups in total. The molecule has 0 saturated heterocycles. The summed E-state index contributed by atoms with van der Waals surface area (Å²) in [4.78, 5) is 0. The van der Waals surface area contributed by atoms with E-state index >= 15 is 0 Å². The predicted molar refractivity (Wildman–Crippen MR) is 72.1 cm³/mol. The first-order valence-corrected chi connectivity index (χ1v) is 6.39. The third-order valence-electron chi connectivity index (χ3n) is 4.01. The summed E-state index contributed by atoms with van der Waals surface area (Å²) in [5, 5.41) is 1.35. The molecule has 0 atom stereocenters. The third kappa shape index (κ3) is 1.59. The van der Waals surface area contributed by atoms with Crippen LogP contribution in [-0.2, 0) is 12.6 Å². The molecule has 1 aliphatic rings. The van der Waals surface area contributed by atoms with Gasteiger partial charge in [-0.3, -0.25) is 0 Å². The molecule has 1 aromatic carbocycles. The summed E-state index contributed by atoms with van der Waals surface area (Å²) in [5.74, 6) is 0.570. The lowest BCUT2D eigenvalue weighted by Gasteiger charge is -2.09. The molecule has 1 aromatic heterocycles. The maximum atomic E-state index is 6.36. The van der Waals surface area contributed by atoms with Gasteiger partial charge in [0.25, 0.3) is 0 Å². The monoisotopic (exact) mass is 228 g/mol. The highest BCUT2D eigenvalue weighted by atomic mass is 14.9. The Morgan fingerprint density at radius 1 is 1.29 bits per heavy atom. The Balaban J connectivity index is 2.25. The average molecular weight is 228 g/mol. The van der Waals surface area contributed by atoms with Crippen molar-refractivity contribution in [3.8, 4) is 0 Å². The molecule has 0 aliphatic heterocycles. The summed E-state index contributed by atoms with van der Waals surface area (Å²) >= 11 is 0. The Bertz CT molecular complexity index is 574. The molecule has 0 unspecified atom stereocenters. The van der Waals surface area contributed by atoms with E-state index < -0.39 is 0 Å². The minimum Gasteiger partial charge on any atom is -0.350 e. The van der Waals surface area contributed by atoms with Gasteiger partial charge in [-0.2, -0.15) is 0 Å². The number of hydrogen-bond donors (Lipinski definition) is 1. The van der Waals surface area contributed by atoms with Gasteiger partial charge in [-0.05, 0) is 42.0 Å². The van der Waals surface area contributed by atoms with Crippen molar-refractivity contribution in [1.82, 2.24) is 4.57 Å². The fourth-order valence-corrected chi connectivity index (χ4v) is 2.57. The van der Waals surface area contributed by atoms with Crippen molar-refractivity contribution >= 4 is 10.9 Å². The summed E-state index contributed by atoms with van der Waals surface area (Å²) in [6.45, 7) is 4.47. The highest BCUT2D eigenvalue weighted by Crippen LogP contribution is 2.46. The number of hydrogen-bond acceptors (Lipinski definition) is 1. The molecule has 1 fully saturated rings. The molecule has 1 heterocycles. The van der Waals surface area contributed by atoms with Gasteiger partial charge in [0, 0.05) is 29.7 Å². The van der Waals surface area contributed by atoms with Crippen LogP contribution in [0.5, 0.6) is 0 Å². The molecular weight excluding hydrogens is 208 g/mol. The highest BCUT2D eigenvalue weighted by Gasteiger charge is 2.42. The Kier molecular flexibility index (Phi) is 2.14. The Labute approximate surface area is 102 Å². The van der Waals surface area contributed by atoms with Crippen LogP contribution in [0.25, 0.3) is 10.9 Å². The zero-order valence-electron chi connectivity index (χ0n) is 10.8. The van der Waals surface area contributed by atoms with Crippen molar-refractivity contribution < 1.29 is 0 Å². The number of nitrogens with zero attached hydrogens (tertiary/aromatic N) is 1. The van der Waals surface area contributed by atoms with Gasteiger partial charge in [0.05, 0.1) is 0 Å². The van der Waals surface area contributed by atoms with Crippen molar-refractivity contribution in [2.75, 3.05) is 0 Å². The van der Waals surface area contributed by atoms with Crippen LogP contribution in [0.2, 0.25) is 0 Å². The van der Waals surface area contributed by atoms with E-state index in [0.29, 0.717) is 5.92 Å². The lowest BCUT2D eigenvalue weighted by atomic mass is 9.98. The number of aryl methyl sites for hydroxylation is 1. The van der Waals surface area contributed by atoms with Crippen LogP contribution in [0, 0.1) is 0 Å². The molecule has 0 bridgehead atoms. The topological polar surface area (TPSA) is 30.9 Å². The van der Waals surface area contributed by atoms with Crippen molar-refractivity contribution in [2.45, 2.75) is 38.1 Å². The van der Waals surface area contributed by atoms with Gasteiger partial charge in [-0.15, -0.1) is 0 Å². The summed E-state index contributed by atoms with van der Waals surface area (Å²) in [7, 11) is 2.10. The summed E-state index contributed by atoms with van der Waals surface area (Å²) in [5.41, 5.74) is 10.3. The van der Waals surface area contributed by atoms with Crippen LogP contribution >= 0.6 is 0 Å². The summed E-state index contributed by atoms with van der Waals surface area (Å²) in [6.07, 6.45) is 4.46. The SMILES string of the molecule is CC(C)c1ccc2c(c1)c(C1(N)CC1)cn2C. The molecular formula is C15H20N2. The van der Waals surface area contributed by atoms with Crippen LogP contribution in [0.4, 0.5) is 0 Å². The van der Waals surface area contributed by atoms with E-state index in [9.17, 15) is 0 Å². The molecule has 0 spiro atoms. The third-order valence-corrected chi connectivity index (χ3v) is 4.01. The first-order chi connectivity index (χ1) is 8.01. The van der Waals surface area contributed by atoms with Crippen LogP contribution in [0.15, 0.2) is 24.4 Å². The number of aromatic nitrogens is 1. The van der Waals surface area contributed by atoms with E-state index in [0.717, 1.165) is 12.8 Å². The fraction of sp³-hybridized carbons (Fsp3) is 0.467. The zero-order chi connectivity index (χ0) is 12.2. The minimum absolute atomic E-state index is 0.0465. The van der Waals surface area contributed by atoms with Crippen molar-refractivity contribution in [1.29, 1.82) is 0 Å². The quantitative estimate of drug-likeness (QED) is 0.840. The van der Waals surface area contributed by atoms with Crippen molar-refractivity contribution in [2.24, 2.45) is 12.8 Å². The van der Waals surface area contributed by atoms with Crippen LogP contribution < -0.4 is 5.73 Å². The molecule has 1 saturated carbocycles. The lowest BCUT2D eigenvalue weighted by molar-refractivity contribution is 0.741. The number of nitrogens with two attached hydrogens (primary N) is 1. The molecule has 2 nitrogen and oxygen atoms in total. The van der Waals surface area contributed by atoms with Gasteiger partial charge < -0.3 is 10.3 Å². The second kappa shape index (κ2) is 3.36. The van der Waals surface area contributed by atoms with Gasteiger partial charge in [0.1, 0.15) is 0 Å². The van der Waals surface area contributed by atoms with E-state index in [1.54, 1.807) is 0 Å². The van der Waals surface area contributed by atoms with E-state index in [4.69, 9.17) is 5.73 Å². The molecule has 2 heteroatoms. The molecule has 1 aliphatic carbocycles. The van der Waals surface area contributed by atoms with Crippen LogP contribution in [0.3, 0.4) is 0 Å². The largest absolute Gasteiger partial charge is 0.350 e. The van der Waals surface area contributed by atoms with Gasteiger partial charge in [-0.25, -0.2) is 0 Å². The predicted octanol–water partition coefficient (Wildman–Crippen LogP) is 3.25. The van der Waals surface area contributed by atoms with Gasteiger partial charge in [0.2, 0.25) is 0 Å². The molecule has 17 heavy (non-hydrogen) atoms. The van der Waals surface area contributed by atoms with Gasteiger partial charge in [-0.1, -0.05) is 19.9 Å². The molecule has 0 amide bonds. The van der Waals surface area contributed by atoms with Gasteiger partial charge >= 0.3 is 0 Å². The first kappa shape index (κ1) is 10.8. The maximum absolute atomic E-state index is 6.36. The number of rotatable bonds is 2. The molecule has 3 rings (SSSR count). The van der Waals surface area contributed by atoms with E-state index in [1.807, 2.05) is 0 Å². The zero-order valence-corrected chi connectivity index (χ0v) is 10.8. The second-order valence-electron chi connectivity index (χ2n) is 5.74. The molecule has 90 valence electrons. The lowest BCUT2D eigenvalue weighted by Crippen LogP contribution is -2.18. The Morgan fingerprint density at radius 2 is 2.00 bits per heavy atom. The van der Waals surface area contributed by atoms with Gasteiger partial charge in [0.15, 0.2) is 0 Å². The summed E-state index contributed by atoms with van der Waals surface area (Å²) in [6, 6.07) is 6.77. The smallest absolute Gasteiger partial charge is 0.0481 e. The van der Waals surface area contributed by atoms with Crippen molar-refractivity contribution in [3.63, 3.8) is 0 Å². The second-order valence-corrected chi connectivity index (χ2v) is 5.74. The standard InChI is InChI=1S/C15H20N2/c1-10(2)11-4-5-14-12(8-11)13(9-17(14)3)15(16)6-7-15/h4-5,8-10H,6-7,16H2,1-3H3. The summed E-state index contributed by atoms with van der Waals surface area (Å²) < 4.78 is 2.20. The van der Waals surface area contributed by atoms with E-state index in [-0.39, 0.29) is 5.54 Å². The number of benzene rings is 1. The van der Waals surface area contributed by atoms with Crippen LogP contribution in [0.1, 0.15) is 43.7 Å². The van der Waals surface area contributed by atoms with Crippen molar-refractivity contribution in [3.05, 3.63) is 35.5 Å². The minimum atomic E-state index is -0.0465. The first-order valence-electron chi connectivity index (χ1n) is 6.39. The average Bonchev–Trinajstić information content (AvgIpc) is 2.94. The van der Waals surface area contributed by atoms with E-state index in [2.05, 4.69) is 49.9 Å².